The second kappa shape index (κ2) is 8.51. The highest BCUT2D eigenvalue weighted by Gasteiger charge is 2.66. The zero-order valence-corrected chi connectivity index (χ0v) is 19.9. The van der Waals surface area contributed by atoms with Gasteiger partial charge in [-0.3, -0.25) is 14.4 Å². The Bertz CT molecular complexity index is 935. The number of ketones is 1. The van der Waals surface area contributed by atoms with E-state index in [-0.39, 0.29) is 0 Å². The van der Waals surface area contributed by atoms with Crippen LogP contribution in [-0.2, 0) is 23.9 Å². The number of thioether (sulfide) groups is 1. The Morgan fingerprint density at radius 2 is 1.75 bits per heavy atom. The van der Waals surface area contributed by atoms with E-state index in [0.29, 0.717) is 5.56 Å². The number of aliphatic hydroxyl groups is 1. The lowest BCUT2D eigenvalue weighted by atomic mass is 9.85. The molecule has 0 bridgehead atoms. The molecule has 9 heteroatoms. The first-order valence-electron chi connectivity index (χ1n) is 10.4. The van der Waals surface area contributed by atoms with Crippen LogP contribution >= 0.6 is 11.8 Å². The number of carbonyl (C=O) groups is 4. The molecule has 4 atom stereocenters. The number of hydrogen-bond acceptors (Lipinski definition) is 8. The fraction of sp³-hybridized carbons (Fsp3) is 0.565. The van der Waals surface area contributed by atoms with Crippen LogP contribution in [0.2, 0.25) is 0 Å². The molecule has 1 N–H and O–H groups in total. The number of hydrogen-bond donors (Lipinski definition) is 1. The summed E-state index contributed by atoms with van der Waals surface area (Å²) in [5.74, 6) is -3.15. The number of aryl methyl sites for hydroxylation is 1. The molecule has 1 amide bonds. The van der Waals surface area contributed by atoms with Gasteiger partial charge in [0.25, 0.3) is 0 Å². The Morgan fingerprint density at radius 1 is 1.16 bits per heavy atom. The quantitative estimate of drug-likeness (QED) is 0.296. The SMILES string of the molecule is Cc1ccc(C(=O)[C@@H](O)[C@@H]2C(=O)N3[C@@H]2SC(C)(C)[C@@H]3C(=O)OCOC(=O)C(C)(C)C)cc1. The van der Waals surface area contributed by atoms with Gasteiger partial charge in [-0.1, -0.05) is 29.8 Å². The predicted molar refractivity (Wildman–Crippen MR) is 118 cm³/mol. The third kappa shape index (κ3) is 4.41. The average Bonchev–Trinajstić information content (AvgIpc) is 2.94. The number of β-lactam (4-membered cyclic amide) rings is 1. The number of aliphatic hydroxyl groups excluding tert-OH is 1. The minimum atomic E-state index is -1.50. The van der Waals surface area contributed by atoms with E-state index in [2.05, 4.69) is 0 Å². The fourth-order valence-electron chi connectivity index (χ4n) is 3.80. The zero-order valence-electron chi connectivity index (χ0n) is 19.1. The highest BCUT2D eigenvalue weighted by atomic mass is 32.2. The second-order valence-electron chi connectivity index (χ2n) is 9.72. The van der Waals surface area contributed by atoms with Crippen molar-refractivity contribution >= 4 is 35.4 Å². The number of rotatable bonds is 6. The van der Waals surface area contributed by atoms with E-state index in [1.54, 1.807) is 58.9 Å². The van der Waals surface area contributed by atoms with Gasteiger partial charge in [-0.15, -0.1) is 11.8 Å². The van der Waals surface area contributed by atoms with Gasteiger partial charge < -0.3 is 19.5 Å². The molecule has 0 saturated carbocycles. The summed E-state index contributed by atoms with van der Waals surface area (Å²) in [6.07, 6.45) is -1.50. The van der Waals surface area contributed by atoms with E-state index in [1.807, 2.05) is 6.92 Å². The maximum atomic E-state index is 12.9. The van der Waals surface area contributed by atoms with Gasteiger partial charge in [0, 0.05) is 10.3 Å². The molecule has 3 rings (SSSR count). The Hall–Kier alpha value is -2.39. The van der Waals surface area contributed by atoms with E-state index in [1.165, 1.54) is 16.7 Å². The van der Waals surface area contributed by atoms with Crippen molar-refractivity contribution in [1.82, 2.24) is 4.90 Å². The summed E-state index contributed by atoms with van der Waals surface area (Å²) in [6.45, 7) is 9.97. The maximum Gasteiger partial charge on any atom is 0.333 e. The van der Waals surface area contributed by atoms with Gasteiger partial charge in [0.1, 0.15) is 18.1 Å². The van der Waals surface area contributed by atoms with Crippen molar-refractivity contribution in [1.29, 1.82) is 0 Å². The van der Waals surface area contributed by atoms with Crippen LogP contribution in [0.3, 0.4) is 0 Å². The number of esters is 2. The number of ether oxygens (including phenoxy) is 2. The van der Waals surface area contributed by atoms with Gasteiger partial charge >= 0.3 is 11.9 Å². The first kappa shape index (κ1) is 24.3. The summed E-state index contributed by atoms with van der Waals surface area (Å²) >= 11 is 1.34. The Labute approximate surface area is 191 Å². The molecule has 32 heavy (non-hydrogen) atoms. The number of fused-ring (bicyclic) bond motifs is 1. The molecule has 0 aromatic heterocycles. The topological polar surface area (TPSA) is 110 Å². The average molecular weight is 464 g/mol. The van der Waals surface area contributed by atoms with Crippen LogP contribution in [0.25, 0.3) is 0 Å². The minimum absolute atomic E-state index is 0.327. The Kier molecular flexibility index (Phi) is 6.45. The fourth-order valence-corrected chi connectivity index (χ4v) is 5.51. The van der Waals surface area contributed by atoms with E-state index in [0.717, 1.165) is 5.56 Å². The Morgan fingerprint density at radius 3 is 2.31 bits per heavy atom. The van der Waals surface area contributed by atoms with E-state index in [9.17, 15) is 24.3 Å². The second-order valence-corrected chi connectivity index (χ2v) is 11.5. The lowest BCUT2D eigenvalue weighted by molar-refractivity contribution is -0.182. The number of benzene rings is 1. The molecule has 2 aliphatic rings. The van der Waals surface area contributed by atoms with Crippen LogP contribution in [0.15, 0.2) is 24.3 Å². The van der Waals surface area contributed by atoms with Gasteiger partial charge in [0.15, 0.2) is 5.78 Å². The molecular weight excluding hydrogens is 434 g/mol. The standard InChI is InChI=1S/C23H29NO7S/c1-12-7-9-13(10-8-12)15(25)16(26)14-18(27)24-17(23(5,6)32-19(14)24)20(28)30-11-31-21(29)22(2,3)4/h7-10,14,16-17,19,26H,11H2,1-6H3/t14-,16+,17+,19-/m1/s1. The maximum absolute atomic E-state index is 12.9. The molecule has 0 spiro atoms. The number of carbonyl (C=O) groups excluding carboxylic acids is 4. The van der Waals surface area contributed by atoms with Gasteiger partial charge in [0.05, 0.1) is 10.8 Å². The van der Waals surface area contributed by atoms with Crippen molar-refractivity contribution in [3.05, 3.63) is 35.4 Å². The molecule has 0 unspecified atom stereocenters. The van der Waals surface area contributed by atoms with E-state index >= 15 is 0 Å². The molecule has 1 aromatic carbocycles. The van der Waals surface area contributed by atoms with Crippen molar-refractivity contribution in [3.63, 3.8) is 0 Å². The van der Waals surface area contributed by atoms with Gasteiger partial charge in [-0.25, -0.2) is 4.79 Å². The smallest absolute Gasteiger partial charge is 0.333 e. The summed E-state index contributed by atoms with van der Waals surface area (Å²) < 4.78 is 9.40. The van der Waals surface area contributed by atoms with Crippen LogP contribution in [0.1, 0.15) is 50.5 Å². The van der Waals surface area contributed by atoms with Crippen molar-refractivity contribution in [2.24, 2.45) is 11.3 Å². The summed E-state index contributed by atoms with van der Waals surface area (Å²) in [4.78, 5) is 51.6. The van der Waals surface area contributed by atoms with E-state index in [4.69, 9.17) is 9.47 Å². The van der Waals surface area contributed by atoms with Gasteiger partial charge in [-0.2, -0.15) is 0 Å². The lowest BCUT2D eigenvalue weighted by Crippen LogP contribution is -2.66. The molecule has 2 fully saturated rings. The van der Waals surface area contributed by atoms with Crippen LogP contribution in [0.5, 0.6) is 0 Å². The number of Topliss-reactive ketones (excluding diaryl/α,β-unsaturated/α-hetero) is 1. The van der Waals surface area contributed by atoms with Crippen LogP contribution < -0.4 is 0 Å². The van der Waals surface area contributed by atoms with Gasteiger partial charge in [-0.05, 0) is 41.5 Å². The zero-order chi connectivity index (χ0) is 24.0. The number of amides is 1. The first-order chi connectivity index (χ1) is 14.8. The molecule has 2 saturated heterocycles. The van der Waals surface area contributed by atoms with E-state index < -0.39 is 64.0 Å². The molecule has 0 radical (unpaired) electrons. The molecule has 174 valence electrons. The molecule has 0 aliphatic carbocycles. The van der Waals surface area contributed by atoms with Crippen molar-refractivity contribution in [3.8, 4) is 0 Å². The minimum Gasteiger partial charge on any atom is -0.427 e. The number of nitrogens with zero attached hydrogens (tertiary/aromatic N) is 1. The van der Waals surface area contributed by atoms with Crippen molar-refractivity contribution < 1.29 is 33.8 Å². The largest absolute Gasteiger partial charge is 0.427 e. The third-order valence-corrected chi connectivity index (χ3v) is 7.25. The van der Waals surface area contributed by atoms with Crippen LogP contribution in [-0.4, -0.2) is 62.7 Å². The highest BCUT2D eigenvalue weighted by molar-refractivity contribution is 8.01. The van der Waals surface area contributed by atoms with Crippen molar-refractivity contribution in [2.45, 2.75) is 63.8 Å². The summed E-state index contributed by atoms with van der Waals surface area (Å²) in [6, 6.07) is 5.84. The Balaban J connectivity index is 1.67. The molecule has 8 nitrogen and oxygen atoms in total. The third-order valence-electron chi connectivity index (χ3n) is 5.65. The first-order valence-corrected chi connectivity index (χ1v) is 11.3. The normalized spacial score (nSPS) is 24.9. The summed E-state index contributed by atoms with van der Waals surface area (Å²) in [5.41, 5.74) is 0.568. The van der Waals surface area contributed by atoms with Crippen LogP contribution in [0, 0.1) is 18.3 Å². The molecule has 1 aromatic rings. The monoisotopic (exact) mass is 463 g/mol. The van der Waals surface area contributed by atoms with Crippen molar-refractivity contribution in [2.75, 3.05) is 6.79 Å². The lowest BCUT2D eigenvalue weighted by Gasteiger charge is -2.45. The van der Waals surface area contributed by atoms with Crippen LogP contribution in [0.4, 0.5) is 0 Å². The highest BCUT2D eigenvalue weighted by Crippen LogP contribution is 2.54. The molecule has 2 aliphatic heterocycles. The summed E-state index contributed by atoms with van der Waals surface area (Å²) in [7, 11) is 0. The molecular formula is C23H29NO7S. The molecule has 2 heterocycles. The van der Waals surface area contributed by atoms with Gasteiger partial charge in [0.2, 0.25) is 12.7 Å². The summed E-state index contributed by atoms with van der Waals surface area (Å²) in [5, 5.41) is 10.1. The predicted octanol–water partition coefficient (Wildman–Crippen LogP) is 2.31.